The summed E-state index contributed by atoms with van der Waals surface area (Å²) in [6.07, 6.45) is 11.0. The van der Waals surface area contributed by atoms with Crippen molar-refractivity contribution < 1.29 is 0 Å². The molecule has 0 saturated carbocycles. The van der Waals surface area contributed by atoms with Crippen LogP contribution in [0.1, 0.15) is 12.8 Å². The molecule has 3 aliphatic rings. The molecule has 3 rings (SSSR count). The molecule has 9 heteroatoms. The highest BCUT2D eigenvalue weighted by Gasteiger charge is 2.23. The highest BCUT2D eigenvalue weighted by molar-refractivity contribution is 8.26. The monoisotopic (exact) mass is 384 g/mol. The number of hydrogen-bond donors (Lipinski definition) is 5. The Morgan fingerprint density at radius 3 is 3.00 bits per heavy atom. The minimum atomic E-state index is 0.158. The molecule has 0 aliphatic carbocycles. The molecule has 1 atom stereocenters. The predicted octanol–water partition coefficient (Wildman–Crippen LogP) is 1.02. The van der Waals surface area contributed by atoms with Crippen molar-refractivity contribution in [3.05, 3.63) is 47.1 Å². The minimum absolute atomic E-state index is 0.158. The zero-order valence-corrected chi connectivity index (χ0v) is 16.0. The summed E-state index contributed by atoms with van der Waals surface area (Å²) >= 11 is 1.13. The Morgan fingerprint density at radius 1 is 1.44 bits per heavy atom. The highest BCUT2D eigenvalue weighted by atomic mass is 32.2. The van der Waals surface area contributed by atoms with Gasteiger partial charge in [0.15, 0.2) is 11.0 Å². The van der Waals surface area contributed by atoms with E-state index in [-0.39, 0.29) is 6.04 Å². The zero-order chi connectivity index (χ0) is 19.2. The van der Waals surface area contributed by atoms with Gasteiger partial charge < -0.3 is 22.1 Å². The number of rotatable bonds is 4. The Labute approximate surface area is 162 Å². The van der Waals surface area contributed by atoms with Crippen LogP contribution in [-0.2, 0) is 0 Å². The summed E-state index contributed by atoms with van der Waals surface area (Å²) in [7, 11) is 1.71. The molecule has 3 heterocycles. The van der Waals surface area contributed by atoms with Gasteiger partial charge in [-0.3, -0.25) is 10.4 Å². The Bertz CT molecular complexity index is 828. The van der Waals surface area contributed by atoms with Crippen LogP contribution in [0.2, 0.25) is 0 Å². The topological polar surface area (TPSA) is 137 Å². The van der Waals surface area contributed by atoms with Crippen LogP contribution in [0.15, 0.2) is 62.1 Å². The number of fused-ring (bicyclic) bond motifs is 1. The average molecular weight is 385 g/mol. The summed E-state index contributed by atoms with van der Waals surface area (Å²) < 4.78 is 0. The quantitative estimate of drug-likeness (QED) is 0.364. The molecule has 8 nitrogen and oxygen atoms in total. The fraction of sp³-hybridized carbons (Fsp3) is 0.333. The first-order chi connectivity index (χ1) is 13.1. The molecule has 142 valence electrons. The van der Waals surface area contributed by atoms with Crippen molar-refractivity contribution in [3.63, 3.8) is 0 Å². The van der Waals surface area contributed by atoms with E-state index in [9.17, 15) is 0 Å². The normalized spacial score (nSPS) is 23.2. The van der Waals surface area contributed by atoms with Gasteiger partial charge >= 0.3 is 0 Å². The first kappa shape index (κ1) is 19.1. The molecule has 0 saturated heterocycles. The number of nitrogens with zero attached hydrogens (tertiary/aromatic N) is 3. The Kier molecular flexibility index (Phi) is 6.25. The van der Waals surface area contributed by atoms with Gasteiger partial charge in [0.1, 0.15) is 5.04 Å². The lowest BCUT2D eigenvalue weighted by Crippen LogP contribution is -2.42. The second-order valence-corrected chi connectivity index (χ2v) is 7.19. The zero-order valence-electron chi connectivity index (χ0n) is 15.2. The van der Waals surface area contributed by atoms with Crippen LogP contribution in [0.3, 0.4) is 0 Å². The Hall–Kier alpha value is -2.65. The first-order valence-electron chi connectivity index (χ1n) is 8.72. The van der Waals surface area contributed by atoms with Crippen LogP contribution in [0.25, 0.3) is 0 Å². The van der Waals surface area contributed by atoms with Crippen LogP contribution in [0.4, 0.5) is 0 Å². The van der Waals surface area contributed by atoms with E-state index in [4.69, 9.17) is 16.9 Å². The summed E-state index contributed by atoms with van der Waals surface area (Å²) in [6.45, 7) is 1.57. The molecule has 0 aromatic heterocycles. The van der Waals surface area contributed by atoms with Gasteiger partial charge in [-0.2, -0.15) is 0 Å². The first-order valence-corrected chi connectivity index (χ1v) is 9.54. The number of amidine groups is 1. The summed E-state index contributed by atoms with van der Waals surface area (Å²) in [5.41, 5.74) is 15.3. The molecule has 1 unspecified atom stereocenters. The van der Waals surface area contributed by atoms with E-state index >= 15 is 0 Å². The largest absolute Gasteiger partial charge is 0.404 e. The van der Waals surface area contributed by atoms with Gasteiger partial charge in [-0.1, -0.05) is 6.08 Å². The van der Waals surface area contributed by atoms with Crippen molar-refractivity contribution in [3.8, 4) is 0 Å². The Balaban J connectivity index is 1.74. The molecule has 7 N–H and O–H groups in total. The van der Waals surface area contributed by atoms with Crippen LogP contribution >= 0.6 is 11.8 Å². The van der Waals surface area contributed by atoms with Crippen molar-refractivity contribution in [2.45, 2.75) is 18.9 Å². The number of nitrogens with one attached hydrogen (secondary N) is 3. The molecule has 3 aliphatic heterocycles. The second kappa shape index (κ2) is 8.83. The third-order valence-corrected chi connectivity index (χ3v) is 5.03. The third-order valence-electron chi connectivity index (χ3n) is 4.30. The average Bonchev–Trinajstić information content (AvgIpc) is 3.20. The highest BCUT2D eigenvalue weighted by Crippen LogP contribution is 2.21. The maximum atomic E-state index is 8.08. The summed E-state index contributed by atoms with van der Waals surface area (Å²) in [6, 6.07) is 0.158. The lowest BCUT2D eigenvalue weighted by molar-refractivity contribution is 0.641. The van der Waals surface area contributed by atoms with Gasteiger partial charge in [0.2, 0.25) is 0 Å². The van der Waals surface area contributed by atoms with Crippen LogP contribution in [-0.4, -0.2) is 48.3 Å². The molecule has 27 heavy (non-hydrogen) atoms. The van der Waals surface area contributed by atoms with Crippen molar-refractivity contribution in [1.29, 1.82) is 5.41 Å². The molecular weight excluding hydrogens is 360 g/mol. The molecule has 0 aromatic rings. The number of hydrogen-bond acceptors (Lipinski definition) is 8. The van der Waals surface area contributed by atoms with Gasteiger partial charge in [0.25, 0.3) is 0 Å². The lowest BCUT2D eigenvalue weighted by Gasteiger charge is -2.27. The molecular formula is C18H24N8S. The molecule has 0 bridgehead atoms. The van der Waals surface area contributed by atoms with Crippen LogP contribution in [0.5, 0.6) is 0 Å². The second-order valence-electron chi connectivity index (χ2n) is 6.16. The van der Waals surface area contributed by atoms with E-state index in [1.807, 2.05) is 18.2 Å². The molecule has 0 amide bonds. The van der Waals surface area contributed by atoms with Crippen molar-refractivity contribution >= 4 is 33.9 Å². The maximum absolute atomic E-state index is 8.08. The smallest absolute Gasteiger partial charge is 0.167 e. The van der Waals surface area contributed by atoms with E-state index in [0.717, 1.165) is 53.7 Å². The summed E-state index contributed by atoms with van der Waals surface area (Å²) in [5.74, 6) is 0.564. The van der Waals surface area contributed by atoms with Gasteiger partial charge in [0, 0.05) is 38.1 Å². The van der Waals surface area contributed by atoms with E-state index in [1.54, 1.807) is 19.5 Å². The van der Waals surface area contributed by atoms with Crippen molar-refractivity contribution in [2.24, 2.45) is 26.4 Å². The van der Waals surface area contributed by atoms with E-state index < -0.39 is 0 Å². The van der Waals surface area contributed by atoms with E-state index in [1.165, 1.54) is 0 Å². The summed E-state index contributed by atoms with van der Waals surface area (Å²) in [5, 5.41) is 15.4. The van der Waals surface area contributed by atoms with Gasteiger partial charge in [-0.25, -0.2) is 9.98 Å². The molecule has 0 aromatic carbocycles. The molecule has 0 radical (unpaired) electrons. The lowest BCUT2D eigenvalue weighted by atomic mass is 9.95. The van der Waals surface area contributed by atoms with Gasteiger partial charge in [-0.15, -0.1) is 0 Å². The van der Waals surface area contributed by atoms with Crippen molar-refractivity contribution in [1.82, 2.24) is 10.6 Å². The van der Waals surface area contributed by atoms with E-state index in [0.29, 0.717) is 22.6 Å². The van der Waals surface area contributed by atoms with Gasteiger partial charge in [0.05, 0.1) is 17.5 Å². The number of nitrogens with two attached hydrogens (primary N) is 2. The van der Waals surface area contributed by atoms with Crippen LogP contribution < -0.4 is 22.1 Å². The van der Waals surface area contributed by atoms with Crippen molar-refractivity contribution in [2.75, 3.05) is 20.1 Å². The predicted molar refractivity (Wildman–Crippen MR) is 114 cm³/mol. The summed E-state index contributed by atoms with van der Waals surface area (Å²) in [4.78, 5) is 13.0. The number of aliphatic imine (C=N–C) groups is 3. The Morgan fingerprint density at radius 2 is 2.30 bits per heavy atom. The maximum Gasteiger partial charge on any atom is 0.167 e. The standard InChI is InChI=1S/C18H24N8S/c1-22-9-12(8-19)11-7-15-13(24-10-11)4-5-16(25-15)26-18(21)27-17(20)14-3-2-6-23-14/h3,5,7-9,13,20,23-24H,2,4,6,10,19H2,1H3,(H2,21,26). The fourth-order valence-electron chi connectivity index (χ4n) is 2.98. The van der Waals surface area contributed by atoms with Crippen LogP contribution in [0, 0.1) is 5.41 Å². The molecule has 0 spiro atoms. The minimum Gasteiger partial charge on any atom is -0.404 e. The third kappa shape index (κ3) is 4.75. The van der Waals surface area contributed by atoms with E-state index in [2.05, 4.69) is 25.6 Å². The molecule has 0 fully saturated rings. The SMILES string of the molecule is CN=CC(=CN)C1=CC2=NC(/N=C(/N)SC(=N)C3=CCCN3)=CCC2NC1. The van der Waals surface area contributed by atoms with Gasteiger partial charge in [-0.05, 0) is 42.3 Å². The number of thioether (sulfide) groups is 1. The fourth-order valence-corrected chi connectivity index (χ4v) is 3.59.